The van der Waals surface area contributed by atoms with Gasteiger partial charge in [-0.2, -0.15) is 0 Å². The summed E-state index contributed by atoms with van der Waals surface area (Å²) in [7, 11) is 0. The first-order valence-corrected chi connectivity index (χ1v) is 5.18. The Balaban J connectivity index is 2.56. The van der Waals surface area contributed by atoms with Gasteiger partial charge in [0, 0.05) is 17.8 Å². The maximum Gasteiger partial charge on any atom is 0.341 e. The van der Waals surface area contributed by atoms with E-state index in [1.807, 2.05) is 0 Å². The normalized spacial score (nSPS) is 10.4. The largest absolute Gasteiger partial charge is 0.462 e. The zero-order chi connectivity index (χ0) is 11.5. The molecule has 0 N–H and O–H groups in total. The minimum Gasteiger partial charge on any atom is -0.462 e. The van der Waals surface area contributed by atoms with Crippen molar-refractivity contribution in [2.24, 2.45) is 0 Å². The van der Waals surface area contributed by atoms with Crippen molar-refractivity contribution in [2.75, 3.05) is 6.61 Å². The zero-order valence-corrected chi connectivity index (χ0v) is 9.36. The smallest absolute Gasteiger partial charge is 0.341 e. The summed E-state index contributed by atoms with van der Waals surface area (Å²) in [6, 6.07) is 3.51. The highest BCUT2D eigenvalue weighted by Crippen LogP contribution is 2.24. The summed E-state index contributed by atoms with van der Waals surface area (Å²) in [6.07, 6.45) is 3.01. The second-order valence-electron chi connectivity index (χ2n) is 3.08. The van der Waals surface area contributed by atoms with E-state index in [0.717, 1.165) is 0 Å². The number of hydrogen-bond donors (Lipinski definition) is 0. The zero-order valence-electron chi connectivity index (χ0n) is 8.61. The fraction of sp³-hybridized carbons (Fsp3) is 0.182. The highest BCUT2D eigenvalue weighted by molar-refractivity contribution is 6.38. The quantitative estimate of drug-likeness (QED) is 0.752. The lowest BCUT2D eigenvalue weighted by Gasteiger charge is -2.05. The van der Waals surface area contributed by atoms with Crippen LogP contribution in [0.25, 0.3) is 11.0 Å². The van der Waals surface area contributed by atoms with Gasteiger partial charge in [0.1, 0.15) is 0 Å². The van der Waals surface area contributed by atoms with E-state index in [1.54, 1.807) is 25.3 Å². The summed E-state index contributed by atoms with van der Waals surface area (Å²) in [4.78, 5) is 19.6. The molecule has 2 rings (SSSR count). The number of rotatable bonds is 2. The number of halogens is 1. The van der Waals surface area contributed by atoms with Crippen molar-refractivity contribution in [3.63, 3.8) is 0 Å². The Bertz CT molecular complexity index is 542. The van der Waals surface area contributed by atoms with E-state index in [4.69, 9.17) is 16.3 Å². The molecule has 0 saturated heterocycles. The van der Waals surface area contributed by atoms with Gasteiger partial charge in [0.2, 0.25) is 0 Å². The van der Waals surface area contributed by atoms with Crippen molar-refractivity contribution >= 4 is 28.6 Å². The number of esters is 1. The van der Waals surface area contributed by atoms with Gasteiger partial charge in [-0.25, -0.2) is 14.8 Å². The van der Waals surface area contributed by atoms with E-state index in [1.165, 1.54) is 6.20 Å². The summed E-state index contributed by atoms with van der Waals surface area (Å²) in [5, 5.41) is 0.978. The van der Waals surface area contributed by atoms with Gasteiger partial charge in [-0.15, -0.1) is 0 Å². The van der Waals surface area contributed by atoms with Crippen LogP contribution in [0.3, 0.4) is 0 Å². The Morgan fingerprint density at radius 3 is 3.06 bits per heavy atom. The van der Waals surface area contributed by atoms with Crippen LogP contribution in [0.4, 0.5) is 0 Å². The standard InChI is InChI=1S/C11H9ClN2O2/c1-2-16-11(15)8-6-14-10-7(9(8)12)4-3-5-13-10/h3-6H,2H2,1H3. The van der Waals surface area contributed by atoms with Crippen LogP contribution in [0, 0.1) is 0 Å². The Labute approximate surface area is 97.2 Å². The van der Waals surface area contributed by atoms with Crippen LogP contribution in [0.5, 0.6) is 0 Å². The summed E-state index contributed by atoms with van der Waals surface area (Å²) in [5.74, 6) is -0.467. The van der Waals surface area contributed by atoms with Gasteiger partial charge in [0.05, 0.1) is 17.2 Å². The van der Waals surface area contributed by atoms with E-state index in [-0.39, 0.29) is 5.56 Å². The summed E-state index contributed by atoms with van der Waals surface area (Å²) < 4.78 is 4.87. The molecule has 2 heterocycles. The molecule has 0 aliphatic heterocycles. The third-order valence-electron chi connectivity index (χ3n) is 2.07. The molecule has 2 aromatic rings. The molecule has 0 amide bonds. The first-order chi connectivity index (χ1) is 7.74. The molecule has 0 saturated carbocycles. The maximum absolute atomic E-state index is 11.5. The SMILES string of the molecule is CCOC(=O)c1cnc2ncccc2c1Cl. The van der Waals surface area contributed by atoms with Gasteiger partial charge in [0.15, 0.2) is 5.65 Å². The fourth-order valence-electron chi connectivity index (χ4n) is 1.35. The molecule has 4 nitrogen and oxygen atoms in total. The lowest BCUT2D eigenvalue weighted by atomic mass is 10.2. The van der Waals surface area contributed by atoms with Crippen LogP contribution in [0.15, 0.2) is 24.5 Å². The molecule has 0 fully saturated rings. The average molecular weight is 237 g/mol. The molecule has 2 aromatic heterocycles. The highest BCUT2D eigenvalue weighted by atomic mass is 35.5. The van der Waals surface area contributed by atoms with Crippen LogP contribution in [0.2, 0.25) is 5.02 Å². The average Bonchev–Trinajstić information content (AvgIpc) is 2.30. The van der Waals surface area contributed by atoms with Gasteiger partial charge in [-0.1, -0.05) is 11.6 Å². The summed E-state index contributed by atoms with van der Waals surface area (Å²) >= 11 is 6.09. The molecule has 0 bridgehead atoms. The molecule has 0 aromatic carbocycles. The maximum atomic E-state index is 11.5. The summed E-state index contributed by atoms with van der Waals surface area (Å²) in [6.45, 7) is 2.04. The Morgan fingerprint density at radius 1 is 1.50 bits per heavy atom. The molecular formula is C11H9ClN2O2. The van der Waals surface area contributed by atoms with Crippen molar-refractivity contribution in [3.8, 4) is 0 Å². The van der Waals surface area contributed by atoms with Crippen molar-refractivity contribution in [1.29, 1.82) is 0 Å². The van der Waals surface area contributed by atoms with Gasteiger partial charge in [-0.05, 0) is 19.1 Å². The molecule has 82 valence electrons. The number of aromatic nitrogens is 2. The van der Waals surface area contributed by atoms with Gasteiger partial charge < -0.3 is 4.74 Å². The molecule has 0 radical (unpaired) electrons. The lowest BCUT2D eigenvalue weighted by molar-refractivity contribution is 0.0526. The Hall–Kier alpha value is -1.68. The number of fused-ring (bicyclic) bond motifs is 1. The van der Waals surface area contributed by atoms with Crippen LogP contribution >= 0.6 is 11.6 Å². The Kier molecular flexibility index (Phi) is 3.01. The van der Waals surface area contributed by atoms with Crippen molar-refractivity contribution in [1.82, 2.24) is 9.97 Å². The van der Waals surface area contributed by atoms with E-state index >= 15 is 0 Å². The minimum atomic E-state index is -0.467. The predicted molar refractivity (Wildman–Crippen MR) is 60.5 cm³/mol. The van der Waals surface area contributed by atoms with Crippen LogP contribution in [-0.4, -0.2) is 22.5 Å². The minimum absolute atomic E-state index is 0.268. The molecule has 0 aliphatic rings. The monoisotopic (exact) mass is 236 g/mol. The second kappa shape index (κ2) is 4.45. The van der Waals surface area contributed by atoms with Crippen LogP contribution < -0.4 is 0 Å². The van der Waals surface area contributed by atoms with Gasteiger partial charge >= 0.3 is 5.97 Å². The third-order valence-corrected chi connectivity index (χ3v) is 2.48. The first-order valence-electron chi connectivity index (χ1n) is 4.80. The molecule has 0 atom stereocenters. The topological polar surface area (TPSA) is 52.1 Å². The van der Waals surface area contributed by atoms with Crippen molar-refractivity contribution in [3.05, 3.63) is 35.1 Å². The Morgan fingerprint density at radius 2 is 2.31 bits per heavy atom. The third kappa shape index (κ3) is 1.84. The van der Waals surface area contributed by atoms with Crippen LogP contribution in [0.1, 0.15) is 17.3 Å². The van der Waals surface area contributed by atoms with E-state index < -0.39 is 5.97 Å². The fourth-order valence-corrected chi connectivity index (χ4v) is 1.62. The number of hydrogen-bond acceptors (Lipinski definition) is 4. The van der Waals surface area contributed by atoms with Gasteiger partial charge in [0.25, 0.3) is 0 Å². The molecular weight excluding hydrogens is 228 g/mol. The molecule has 0 spiro atoms. The van der Waals surface area contributed by atoms with E-state index in [9.17, 15) is 4.79 Å². The molecule has 0 aliphatic carbocycles. The van der Waals surface area contributed by atoms with Crippen LogP contribution in [-0.2, 0) is 4.74 Å². The van der Waals surface area contributed by atoms with E-state index in [0.29, 0.717) is 22.7 Å². The first kappa shape index (κ1) is 10.8. The van der Waals surface area contributed by atoms with E-state index in [2.05, 4.69) is 9.97 Å². The predicted octanol–water partition coefficient (Wildman–Crippen LogP) is 2.46. The number of carbonyl (C=O) groups is 1. The second-order valence-corrected chi connectivity index (χ2v) is 3.46. The van der Waals surface area contributed by atoms with Gasteiger partial charge in [-0.3, -0.25) is 0 Å². The highest BCUT2D eigenvalue weighted by Gasteiger charge is 2.14. The molecule has 16 heavy (non-hydrogen) atoms. The number of nitrogens with zero attached hydrogens (tertiary/aromatic N) is 2. The number of carbonyl (C=O) groups excluding carboxylic acids is 1. The van der Waals surface area contributed by atoms with Crippen molar-refractivity contribution < 1.29 is 9.53 Å². The lowest BCUT2D eigenvalue weighted by Crippen LogP contribution is -2.06. The number of ether oxygens (including phenoxy) is 1. The number of pyridine rings is 2. The molecule has 0 unspecified atom stereocenters. The summed E-state index contributed by atoms with van der Waals surface area (Å²) in [5.41, 5.74) is 0.782. The van der Waals surface area contributed by atoms with Crippen molar-refractivity contribution in [2.45, 2.75) is 6.92 Å². The molecule has 5 heteroatoms.